The molecule has 5 nitrogen and oxygen atoms in total. The molecule has 3 fully saturated rings. The highest BCUT2D eigenvalue weighted by molar-refractivity contribution is 14.0. The second-order valence-electron chi connectivity index (χ2n) is 8.18. The normalized spacial score (nSPS) is 27.1. The maximum absolute atomic E-state index is 14.1. The lowest BCUT2D eigenvalue weighted by molar-refractivity contribution is -0.0367. The number of ether oxygens (including phenoxy) is 2. The monoisotopic (exact) mass is 535 g/mol. The van der Waals surface area contributed by atoms with Gasteiger partial charge in [-0.3, -0.25) is 4.99 Å². The van der Waals surface area contributed by atoms with E-state index in [1.807, 2.05) is 6.92 Å². The van der Waals surface area contributed by atoms with Crippen molar-refractivity contribution in [2.45, 2.75) is 63.2 Å². The van der Waals surface area contributed by atoms with Crippen molar-refractivity contribution in [1.29, 1.82) is 0 Å². The van der Waals surface area contributed by atoms with E-state index in [-0.39, 0.29) is 53.7 Å². The van der Waals surface area contributed by atoms with Gasteiger partial charge in [0.15, 0.2) is 5.96 Å². The largest absolute Gasteiger partial charge is 0.376 e. The number of hydrogen-bond donors (Lipinski definition) is 1. The van der Waals surface area contributed by atoms with Gasteiger partial charge in [0.25, 0.3) is 0 Å². The summed E-state index contributed by atoms with van der Waals surface area (Å²) in [5, 5.41) is 3.44. The minimum atomic E-state index is -0.461. The van der Waals surface area contributed by atoms with Gasteiger partial charge in [0.05, 0.1) is 18.8 Å². The minimum absolute atomic E-state index is 0. The van der Waals surface area contributed by atoms with Gasteiger partial charge in [-0.1, -0.05) is 6.07 Å². The molecular weight excluding hydrogens is 503 g/mol. The van der Waals surface area contributed by atoms with Gasteiger partial charge in [-0.2, -0.15) is 0 Å². The number of benzene rings is 1. The van der Waals surface area contributed by atoms with Gasteiger partial charge in [-0.05, 0) is 51.2 Å². The molecule has 2 heterocycles. The Morgan fingerprint density at radius 2 is 1.97 bits per heavy atom. The number of aliphatic imine (C=N–C) groups is 1. The molecule has 1 aromatic rings. The van der Waals surface area contributed by atoms with E-state index in [9.17, 15) is 8.78 Å². The molecule has 30 heavy (non-hydrogen) atoms. The predicted molar refractivity (Wildman–Crippen MR) is 124 cm³/mol. The smallest absolute Gasteiger partial charge is 0.194 e. The number of likely N-dealkylation sites (tertiary alicyclic amines) is 1. The predicted octanol–water partition coefficient (Wildman–Crippen LogP) is 4.06. The molecule has 0 spiro atoms. The van der Waals surface area contributed by atoms with Crippen molar-refractivity contribution < 1.29 is 18.3 Å². The molecule has 0 aromatic heterocycles. The summed E-state index contributed by atoms with van der Waals surface area (Å²) in [5.74, 6) is -0.213. The van der Waals surface area contributed by atoms with Gasteiger partial charge in [-0.15, -0.1) is 24.0 Å². The van der Waals surface area contributed by atoms with Crippen molar-refractivity contribution in [2.75, 3.05) is 32.8 Å². The first kappa shape index (κ1) is 23.7. The fourth-order valence-corrected chi connectivity index (χ4v) is 4.34. The fraction of sp³-hybridized carbons (Fsp3) is 0.682. The van der Waals surface area contributed by atoms with E-state index >= 15 is 0 Å². The highest BCUT2D eigenvalue weighted by Gasteiger charge is 2.43. The van der Waals surface area contributed by atoms with Crippen LogP contribution in [0.3, 0.4) is 0 Å². The van der Waals surface area contributed by atoms with Crippen LogP contribution < -0.4 is 5.32 Å². The summed E-state index contributed by atoms with van der Waals surface area (Å²) in [6.07, 6.45) is 5.38. The molecular formula is C22H32F2IN3O2. The minimum Gasteiger partial charge on any atom is -0.376 e. The third-order valence-electron chi connectivity index (χ3n) is 6.07. The molecule has 3 unspecified atom stereocenters. The van der Waals surface area contributed by atoms with E-state index in [0.717, 1.165) is 57.8 Å². The van der Waals surface area contributed by atoms with E-state index in [0.29, 0.717) is 13.2 Å². The van der Waals surface area contributed by atoms with Gasteiger partial charge in [0, 0.05) is 43.8 Å². The average molecular weight is 535 g/mol. The summed E-state index contributed by atoms with van der Waals surface area (Å²) in [4.78, 5) is 6.86. The number of piperidine rings is 1. The molecule has 8 heteroatoms. The molecule has 168 valence electrons. The van der Waals surface area contributed by atoms with Gasteiger partial charge in [0.2, 0.25) is 0 Å². The Hall–Kier alpha value is -1.00. The van der Waals surface area contributed by atoms with E-state index < -0.39 is 11.6 Å². The second kappa shape index (κ2) is 11.0. The topological polar surface area (TPSA) is 46.1 Å². The molecule has 3 atom stereocenters. The molecule has 1 N–H and O–H groups in total. The standard InChI is InChI=1S/C22H31F2N3O2.HI/c1-2-25-22(26-20-13-17(20)21-18(23)6-3-7-19(21)24)27-10-8-15(9-11-27)29-14-16-5-4-12-28-16;/h3,6-7,15-17,20H,2,4-5,8-14H2,1H3,(H,25,26);1H. The maximum Gasteiger partial charge on any atom is 0.194 e. The van der Waals surface area contributed by atoms with Crippen LogP contribution in [0.4, 0.5) is 8.78 Å². The summed E-state index contributed by atoms with van der Waals surface area (Å²) >= 11 is 0. The van der Waals surface area contributed by atoms with Crippen molar-refractivity contribution >= 4 is 29.9 Å². The van der Waals surface area contributed by atoms with Crippen LogP contribution in [-0.2, 0) is 9.47 Å². The Morgan fingerprint density at radius 3 is 2.60 bits per heavy atom. The van der Waals surface area contributed by atoms with Crippen LogP contribution in [-0.4, -0.2) is 62.0 Å². The first-order valence-corrected chi connectivity index (χ1v) is 10.9. The van der Waals surface area contributed by atoms with Crippen LogP contribution in [0.2, 0.25) is 0 Å². The van der Waals surface area contributed by atoms with Crippen molar-refractivity contribution in [2.24, 2.45) is 4.99 Å². The number of nitrogens with zero attached hydrogens (tertiary/aromatic N) is 2. The van der Waals surface area contributed by atoms with Gasteiger partial charge < -0.3 is 19.7 Å². The Kier molecular flexibility index (Phi) is 8.71. The Morgan fingerprint density at radius 1 is 1.23 bits per heavy atom. The first-order valence-electron chi connectivity index (χ1n) is 10.9. The molecule has 2 saturated heterocycles. The molecule has 0 bridgehead atoms. The highest BCUT2D eigenvalue weighted by atomic mass is 127. The summed E-state index contributed by atoms with van der Waals surface area (Å²) in [6.45, 7) is 5.95. The summed E-state index contributed by atoms with van der Waals surface area (Å²) in [6, 6.07) is 4.10. The second-order valence-corrected chi connectivity index (χ2v) is 8.18. The number of nitrogens with one attached hydrogen (secondary N) is 1. The van der Waals surface area contributed by atoms with E-state index in [1.165, 1.54) is 18.2 Å². The van der Waals surface area contributed by atoms with Gasteiger partial charge in [-0.25, -0.2) is 8.78 Å². The zero-order valence-electron chi connectivity index (χ0n) is 17.5. The van der Waals surface area contributed by atoms with Crippen LogP contribution in [0.25, 0.3) is 0 Å². The van der Waals surface area contributed by atoms with Crippen LogP contribution in [0.5, 0.6) is 0 Å². The highest BCUT2D eigenvalue weighted by Crippen LogP contribution is 2.43. The average Bonchev–Trinajstić information content (AvgIpc) is 3.25. The zero-order valence-corrected chi connectivity index (χ0v) is 19.8. The zero-order chi connectivity index (χ0) is 20.2. The van der Waals surface area contributed by atoms with E-state index in [1.54, 1.807) is 0 Å². The molecule has 3 aliphatic rings. The van der Waals surface area contributed by atoms with Crippen LogP contribution in [0.1, 0.15) is 50.5 Å². The molecule has 4 rings (SSSR count). The van der Waals surface area contributed by atoms with Crippen LogP contribution >= 0.6 is 24.0 Å². The third-order valence-corrected chi connectivity index (χ3v) is 6.07. The van der Waals surface area contributed by atoms with Gasteiger partial charge in [0.1, 0.15) is 11.6 Å². The summed E-state index contributed by atoms with van der Waals surface area (Å²) in [7, 11) is 0. The molecule has 1 aliphatic carbocycles. The van der Waals surface area contributed by atoms with Crippen molar-refractivity contribution in [1.82, 2.24) is 10.2 Å². The molecule has 2 aliphatic heterocycles. The SMILES string of the molecule is CCN=C(NC1CC1c1c(F)cccc1F)N1CCC(OCC2CCCO2)CC1.I. The number of rotatable bonds is 6. The summed E-state index contributed by atoms with van der Waals surface area (Å²) < 4.78 is 39.8. The Bertz CT molecular complexity index is 702. The lowest BCUT2D eigenvalue weighted by atomic mass is 10.1. The lowest BCUT2D eigenvalue weighted by Gasteiger charge is -2.34. The van der Waals surface area contributed by atoms with Crippen molar-refractivity contribution in [3.05, 3.63) is 35.4 Å². The van der Waals surface area contributed by atoms with E-state index in [2.05, 4.69) is 15.2 Å². The van der Waals surface area contributed by atoms with Crippen molar-refractivity contribution in [3.63, 3.8) is 0 Å². The van der Waals surface area contributed by atoms with E-state index in [4.69, 9.17) is 9.47 Å². The van der Waals surface area contributed by atoms with Crippen molar-refractivity contribution in [3.8, 4) is 0 Å². The molecule has 0 amide bonds. The van der Waals surface area contributed by atoms with Gasteiger partial charge >= 0.3 is 0 Å². The number of guanidine groups is 1. The molecule has 1 aromatic carbocycles. The van der Waals surface area contributed by atoms with Crippen LogP contribution in [0, 0.1) is 11.6 Å². The Labute approximate surface area is 194 Å². The molecule has 1 saturated carbocycles. The summed E-state index contributed by atoms with van der Waals surface area (Å²) in [5.41, 5.74) is 0.196. The quantitative estimate of drug-likeness (QED) is 0.339. The molecule has 0 radical (unpaired) electrons. The number of hydrogen-bond acceptors (Lipinski definition) is 3. The Balaban J connectivity index is 0.00000256. The third kappa shape index (κ3) is 5.82. The first-order chi connectivity index (χ1) is 14.2. The van der Waals surface area contributed by atoms with Crippen LogP contribution in [0.15, 0.2) is 23.2 Å². The number of halogens is 3. The lowest BCUT2D eigenvalue weighted by Crippen LogP contribution is -2.48. The maximum atomic E-state index is 14.1. The fourth-order valence-electron chi connectivity index (χ4n) is 4.34.